The number of rotatable bonds is 6. The maximum Gasteiger partial charge on any atom is 0.407 e. The molecule has 0 aromatic rings. The Morgan fingerprint density at radius 3 is 2.62 bits per heavy atom. The summed E-state index contributed by atoms with van der Waals surface area (Å²) in [6.07, 6.45) is 2.03. The summed E-state index contributed by atoms with van der Waals surface area (Å²) < 4.78 is 10.8. The van der Waals surface area contributed by atoms with Gasteiger partial charge in [-0.3, -0.25) is 0 Å². The molecule has 0 saturated carbocycles. The van der Waals surface area contributed by atoms with Gasteiger partial charge in [0.25, 0.3) is 0 Å². The SMILES string of the molecule is CC(C)C(CNCC1CCCOC1)NC(=O)OC(C)(C)C. The highest BCUT2D eigenvalue weighted by Crippen LogP contribution is 2.12. The first-order valence-corrected chi connectivity index (χ1v) is 8.06. The molecule has 1 rings (SSSR count). The summed E-state index contributed by atoms with van der Waals surface area (Å²) in [6, 6.07) is 0.0735. The van der Waals surface area contributed by atoms with E-state index in [9.17, 15) is 4.79 Å². The maximum atomic E-state index is 11.9. The molecular weight excluding hydrogens is 268 g/mol. The summed E-state index contributed by atoms with van der Waals surface area (Å²) in [5, 5.41) is 6.41. The number of ether oxygens (including phenoxy) is 2. The van der Waals surface area contributed by atoms with E-state index >= 15 is 0 Å². The molecule has 0 aliphatic carbocycles. The molecule has 0 spiro atoms. The monoisotopic (exact) mass is 300 g/mol. The van der Waals surface area contributed by atoms with Crippen LogP contribution in [0.5, 0.6) is 0 Å². The van der Waals surface area contributed by atoms with Crippen molar-refractivity contribution in [3.05, 3.63) is 0 Å². The van der Waals surface area contributed by atoms with Gasteiger partial charge in [0.15, 0.2) is 0 Å². The largest absolute Gasteiger partial charge is 0.444 e. The number of hydrogen-bond acceptors (Lipinski definition) is 4. The second-order valence-corrected chi connectivity index (χ2v) is 7.24. The number of alkyl carbamates (subject to hydrolysis) is 1. The van der Waals surface area contributed by atoms with Gasteiger partial charge in [0, 0.05) is 25.7 Å². The smallest absolute Gasteiger partial charge is 0.407 e. The van der Waals surface area contributed by atoms with Crippen LogP contribution in [-0.2, 0) is 9.47 Å². The van der Waals surface area contributed by atoms with Crippen LogP contribution >= 0.6 is 0 Å². The summed E-state index contributed by atoms with van der Waals surface area (Å²) in [5.74, 6) is 0.945. The van der Waals surface area contributed by atoms with Gasteiger partial charge in [-0.1, -0.05) is 13.8 Å². The number of amides is 1. The zero-order valence-corrected chi connectivity index (χ0v) is 14.2. The summed E-state index contributed by atoms with van der Waals surface area (Å²) >= 11 is 0. The van der Waals surface area contributed by atoms with Gasteiger partial charge in [-0.2, -0.15) is 0 Å². The Labute approximate surface area is 129 Å². The Balaban J connectivity index is 2.30. The van der Waals surface area contributed by atoms with Crippen molar-refractivity contribution < 1.29 is 14.3 Å². The molecule has 2 atom stereocenters. The Morgan fingerprint density at radius 1 is 1.38 bits per heavy atom. The molecule has 1 fully saturated rings. The van der Waals surface area contributed by atoms with Crippen molar-refractivity contribution >= 4 is 6.09 Å². The van der Waals surface area contributed by atoms with E-state index < -0.39 is 5.60 Å². The summed E-state index contributed by atoms with van der Waals surface area (Å²) in [4.78, 5) is 11.9. The first-order valence-electron chi connectivity index (χ1n) is 8.06. The molecule has 0 aromatic carbocycles. The van der Waals surface area contributed by atoms with Crippen LogP contribution in [0.25, 0.3) is 0 Å². The van der Waals surface area contributed by atoms with E-state index in [-0.39, 0.29) is 12.1 Å². The third kappa shape index (κ3) is 8.27. The van der Waals surface area contributed by atoms with Crippen molar-refractivity contribution in [2.24, 2.45) is 11.8 Å². The average molecular weight is 300 g/mol. The lowest BCUT2D eigenvalue weighted by atomic mass is 10.0. The first-order chi connectivity index (χ1) is 9.78. The van der Waals surface area contributed by atoms with Gasteiger partial charge >= 0.3 is 6.09 Å². The van der Waals surface area contributed by atoms with E-state index in [0.717, 1.165) is 32.7 Å². The molecule has 2 N–H and O–H groups in total. The van der Waals surface area contributed by atoms with Crippen molar-refractivity contribution in [2.45, 2.75) is 59.1 Å². The summed E-state index contributed by atoms with van der Waals surface area (Å²) in [7, 11) is 0. The zero-order valence-electron chi connectivity index (χ0n) is 14.2. The average Bonchev–Trinajstić information content (AvgIpc) is 2.36. The van der Waals surface area contributed by atoms with Gasteiger partial charge < -0.3 is 20.1 Å². The Kier molecular flexibility index (Phi) is 7.46. The van der Waals surface area contributed by atoms with Crippen LogP contribution in [0.2, 0.25) is 0 Å². The third-order valence-electron chi connectivity index (χ3n) is 3.56. The van der Waals surface area contributed by atoms with Gasteiger partial charge in [-0.05, 0) is 45.4 Å². The van der Waals surface area contributed by atoms with Gasteiger partial charge in [0.2, 0.25) is 0 Å². The van der Waals surface area contributed by atoms with Crippen LogP contribution in [-0.4, -0.2) is 44.0 Å². The maximum absolute atomic E-state index is 11.9. The van der Waals surface area contributed by atoms with Gasteiger partial charge in [-0.15, -0.1) is 0 Å². The second kappa shape index (κ2) is 8.59. The fourth-order valence-corrected chi connectivity index (χ4v) is 2.32. The summed E-state index contributed by atoms with van der Waals surface area (Å²) in [5.41, 5.74) is -0.460. The predicted molar refractivity (Wildman–Crippen MR) is 84.4 cm³/mol. The molecule has 21 heavy (non-hydrogen) atoms. The van der Waals surface area contributed by atoms with Crippen molar-refractivity contribution in [3.63, 3.8) is 0 Å². The Hall–Kier alpha value is -0.810. The number of hydrogen-bond donors (Lipinski definition) is 2. The molecule has 0 radical (unpaired) electrons. The number of nitrogens with one attached hydrogen (secondary N) is 2. The highest BCUT2D eigenvalue weighted by molar-refractivity contribution is 5.68. The van der Waals surface area contributed by atoms with Crippen LogP contribution in [0, 0.1) is 11.8 Å². The predicted octanol–water partition coefficient (Wildman–Crippen LogP) is 2.55. The molecule has 1 heterocycles. The standard InChI is InChI=1S/C16H32N2O3/c1-12(2)14(18-15(19)21-16(3,4)5)10-17-9-13-7-6-8-20-11-13/h12-14,17H,6-11H2,1-5H3,(H,18,19). The molecular formula is C16H32N2O3. The first kappa shape index (κ1) is 18.2. The van der Waals surface area contributed by atoms with Crippen LogP contribution < -0.4 is 10.6 Å². The minimum absolute atomic E-state index is 0.0735. The molecule has 0 bridgehead atoms. The lowest BCUT2D eigenvalue weighted by molar-refractivity contribution is 0.0476. The van der Waals surface area contributed by atoms with Crippen LogP contribution in [0.4, 0.5) is 4.79 Å². The molecule has 124 valence electrons. The van der Waals surface area contributed by atoms with Crippen molar-refractivity contribution in [1.82, 2.24) is 10.6 Å². The van der Waals surface area contributed by atoms with Crippen molar-refractivity contribution in [2.75, 3.05) is 26.3 Å². The van der Waals surface area contributed by atoms with Gasteiger partial charge in [0.1, 0.15) is 5.60 Å². The van der Waals surface area contributed by atoms with Crippen LogP contribution in [0.1, 0.15) is 47.5 Å². The highest BCUT2D eigenvalue weighted by Gasteiger charge is 2.21. The lowest BCUT2D eigenvalue weighted by Gasteiger charge is -2.27. The van der Waals surface area contributed by atoms with E-state index in [1.165, 1.54) is 6.42 Å². The fraction of sp³-hybridized carbons (Fsp3) is 0.938. The zero-order chi connectivity index (χ0) is 15.9. The lowest BCUT2D eigenvalue weighted by Crippen LogP contribution is -2.48. The molecule has 1 saturated heterocycles. The molecule has 2 unspecified atom stereocenters. The van der Waals surface area contributed by atoms with Crippen molar-refractivity contribution in [1.29, 1.82) is 0 Å². The van der Waals surface area contributed by atoms with E-state index in [1.54, 1.807) is 0 Å². The molecule has 0 aromatic heterocycles. The van der Waals surface area contributed by atoms with Crippen molar-refractivity contribution in [3.8, 4) is 0 Å². The third-order valence-corrected chi connectivity index (χ3v) is 3.56. The Bertz CT molecular complexity index is 307. The van der Waals surface area contributed by atoms with E-state index in [1.807, 2.05) is 20.8 Å². The normalized spacial score (nSPS) is 21.1. The molecule has 1 amide bonds. The Morgan fingerprint density at radius 2 is 2.10 bits per heavy atom. The second-order valence-electron chi connectivity index (χ2n) is 7.24. The minimum Gasteiger partial charge on any atom is -0.444 e. The summed E-state index contributed by atoms with van der Waals surface area (Å²) in [6.45, 7) is 13.3. The molecule has 5 nitrogen and oxygen atoms in total. The number of carbonyl (C=O) groups is 1. The number of carbonyl (C=O) groups excluding carboxylic acids is 1. The fourth-order valence-electron chi connectivity index (χ4n) is 2.32. The van der Waals surface area contributed by atoms with Gasteiger partial charge in [-0.25, -0.2) is 4.79 Å². The van der Waals surface area contributed by atoms with E-state index in [0.29, 0.717) is 11.8 Å². The quantitative estimate of drug-likeness (QED) is 0.791. The molecule has 1 aliphatic rings. The van der Waals surface area contributed by atoms with E-state index in [2.05, 4.69) is 24.5 Å². The van der Waals surface area contributed by atoms with Gasteiger partial charge in [0.05, 0.1) is 6.61 Å². The topological polar surface area (TPSA) is 59.6 Å². The molecule has 5 heteroatoms. The minimum atomic E-state index is -0.460. The molecule has 1 aliphatic heterocycles. The highest BCUT2D eigenvalue weighted by atomic mass is 16.6. The van der Waals surface area contributed by atoms with Crippen LogP contribution in [0.15, 0.2) is 0 Å². The van der Waals surface area contributed by atoms with E-state index in [4.69, 9.17) is 9.47 Å². The van der Waals surface area contributed by atoms with Crippen LogP contribution in [0.3, 0.4) is 0 Å².